The highest BCUT2D eigenvalue weighted by Crippen LogP contribution is 2.32. The van der Waals surface area contributed by atoms with Gasteiger partial charge in [0, 0.05) is 17.1 Å². The lowest BCUT2D eigenvalue weighted by Crippen LogP contribution is -1.85. The Labute approximate surface area is 94.7 Å². The molecule has 2 aromatic rings. The first-order valence-electron chi connectivity index (χ1n) is 3.72. The third-order valence-corrected chi connectivity index (χ3v) is 3.00. The molecule has 6 heteroatoms. The summed E-state index contributed by atoms with van der Waals surface area (Å²) in [6.45, 7) is 0. The maximum atomic E-state index is 5.99. The lowest BCUT2D eigenvalue weighted by Gasteiger charge is -2.00. The van der Waals surface area contributed by atoms with Crippen LogP contribution in [0.5, 0.6) is 0 Å². The van der Waals surface area contributed by atoms with E-state index < -0.39 is 0 Å². The van der Waals surface area contributed by atoms with Crippen LogP contribution in [0.1, 0.15) is 0 Å². The second-order valence-corrected chi connectivity index (χ2v) is 4.13. The van der Waals surface area contributed by atoms with Gasteiger partial charge in [-0.15, -0.1) is 0 Å². The van der Waals surface area contributed by atoms with Gasteiger partial charge in [-0.1, -0.05) is 29.3 Å². The highest BCUT2D eigenvalue weighted by molar-refractivity contribution is 7.09. The Hall–Kier alpha value is -0.840. The van der Waals surface area contributed by atoms with Crippen molar-refractivity contribution in [3.63, 3.8) is 0 Å². The van der Waals surface area contributed by atoms with E-state index in [9.17, 15) is 0 Å². The summed E-state index contributed by atoms with van der Waals surface area (Å²) in [6, 6.07) is 5.31. The molecule has 1 aromatic heterocycles. The molecule has 0 amide bonds. The fraction of sp³-hybridized carbons (Fsp3) is 0. The average Bonchev–Trinajstić information content (AvgIpc) is 2.57. The first-order valence-corrected chi connectivity index (χ1v) is 5.25. The normalized spacial score (nSPS) is 10.4. The minimum absolute atomic E-state index is 0.413. The fourth-order valence-corrected chi connectivity index (χ4v) is 1.85. The van der Waals surface area contributed by atoms with E-state index >= 15 is 0 Å². The van der Waals surface area contributed by atoms with Crippen molar-refractivity contribution in [2.75, 3.05) is 5.73 Å². The van der Waals surface area contributed by atoms with Gasteiger partial charge in [0.15, 0.2) is 11.0 Å². The van der Waals surface area contributed by atoms with Crippen molar-refractivity contribution in [1.82, 2.24) is 9.36 Å². The number of nitrogens with two attached hydrogens (primary N) is 1. The lowest BCUT2D eigenvalue weighted by atomic mass is 10.2. The highest BCUT2D eigenvalue weighted by Gasteiger charge is 2.10. The number of nitrogens with zero attached hydrogens (tertiary/aromatic N) is 2. The van der Waals surface area contributed by atoms with Crippen LogP contribution >= 0.6 is 34.7 Å². The Morgan fingerprint density at radius 3 is 2.71 bits per heavy atom. The molecule has 0 aliphatic rings. The molecular weight excluding hydrogens is 241 g/mol. The summed E-state index contributed by atoms with van der Waals surface area (Å²) in [5.41, 5.74) is 6.17. The highest BCUT2D eigenvalue weighted by atomic mass is 35.5. The van der Waals surface area contributed by atoms with Gasteiger partial charge in [0.2, 0.25) is 0 Å². The largest absolute Gasteiger partial charge is 0.374 e. The monoisotopic (exact) mass is 245 g/mol. The third-order valence-electron chi connectivity index (χ3n) is 1.63. The van der Waals surface area contributed by atoms with Crippen LogP contribution in [-0.2, 0) is 0 Å². The fourth-order valence-electron chi connectivity index (χ4n) is 1.02. The van der Waals surface area contributed by atoms with E-state index in [1.807, 2.05) is 0 Å². The van der Waals surface area contributed by atoms with Crippen LogP contribution in [0, 0.1) is 0 Å². The van der Waals surface area contributed by atoms with Gasteiger partial charge < -0.3 is 5.73 Å². The number of hydrogen-bond donors (Lipinski definition) is 1. The molecule has 0 saturated heterocycles. The van der Waals surface area contributed by atoms with Crippen molar-refractivity contribution in [2.24, 2.45) is 0 Å². The van der Waals surface area contributed by atoms with Crippen LogP contribution in [-0.4, -0.2) is 9.36 Å². The minimum atomic E-state index is 0.413. The maximum absolute atomic E-state index is 5.99. The molecule has 2 N–H and O–H groups in total. The molecule has 0 radical (unpaired) electrons. The quantitative estimate of drug-likeness (QED) is 0.841. The number of aromatic nitrogens is 2. The van der Waals surface area contributed by atoms with Gasteiger partial charge in [-0.25, -0.2) is 0 Å². The standard InChI is InChI=1S/C8H5Cl2N3S/c9-5-3-1-2-4(6(5)10)7-12-8(11)14-13-7/h1-3H,(H2,11,12,13). The topological polar surface area (TPSA) is 51.8 Å². The number of benzene rings is 1. The molecule has 0 aliphatic heterocycles. The molecule has 0 spiro atoms. The Kier molecular flexibility index (Phi) is 2.58. The van der Waals surface area contributed by atoms with Crippen molar-refractivity contribution in [1.29, 1.82) is 0 Å². The van der Waals surface area contributed by atoms with Crippen molar-refractivity contribution in [3.05, 3.63) is 28.2 Å². The van der Waals surface area contributed by atoms with Gasteiger partial charge in [0.05, 0.1) is 10.0 Å². The van der Waals surface area contributed by atoms with Gasteiger partial charge in [-0.05, 0) is 12.1 Å². The molecule has 0 saturated carbocycles. The Balaban J connectivity index is 2.57. The summed E-state index contributed by atoms with van der Waals surface area (Å²) in [6.07, 6.45) is 0. The van der Waals surface area contributed by atoms with E-state index in [2.05, 4.69) is 9.36 Å². The zero-order valence-electron chi connectivity index (χ0n) is 6.87. The average molecular weight is 246 g/mol. The summed E-state index contributed by atoms with van der Waals surface area (Å²) in [4.78, 5) is 4.02. The van der Waals surface area contributed by atoms with Crippen molar-refractivity contribution < 1.29 is 0 Å². The second kappa shape index (κ2) is 3.73. The summed E-state index contributed by atoms with van der Waals surface area (Å²) >= 11 is 13.0. The number of rotatable bonds is 1. The SMILES string of the molecule is Nc1nc(-c2cccc(Cl)c2Cl)ns1. The van der Waals surface area contributed by atoms with E-state index in [-0.39, 0.29) is 0 Å². The van der Waals surface area contributed by atoms with Crippen molar-refractivity contribution in [3.8, 4) is 11.4 Å². The lowest BCUT2D eigenvalue weighted by molar-refractivity contribution is 1.33. The Bertz CT molecular complexity index is 469. The molecule has 0 aliphatic carbocycles. The number of nitrogen functional groups attached to an aromatic ring is 1. The van der Waals surface area contributed by atoms with E-state index in [1.54, 1.807) is 18.2 Å². The van der Waals surface area contributed by atoms with E-state index in [0.717, 1.165) is 11.5 Å². The molecule has 1 aromatic carbocycles. The molecule has 2 rings (SSSR count). The zero-order chi connectivity index (χ0) is 10.1. The van der Waals surface area contributed by atoms with Gasteiger partial charge in [-0.3, -0.25) is 0 Å². The van der Waals surface area contributed by atoms with Crippen molar-refractivity contribution in [2.45, 2.75) is 0 Å². The van der Waals surface area contributed by atoms with Crippen LogP contribution in [0.4, 0.5) is 5.13 Å². The summed E-state index contributed by atoms with van der Waals surface area (Å²) in [7, 11) is 0. The molecule has 0 fully saturated rings. The van der Waals surface area contributed by atoms with E-state index in [4.69, 9.17) is 28.9 Å². The summed E-state index contributed by atoms with van der Waals surface area (Å²) in [5, 5.41) is 1.35. The van der Waals surface area contributed by atoms with E-state index in [1.165, 1.54) is 0 Å². The molecule has 0 bridgehead atoms. The minimum Gasteiger partial charge on any atom is -0.374 e. The molecule has 14 heavy (non-hydrogen) atoms. The van der Waals surface area contributed by atoms with E-state index in [0.29, 0.717) is 26.6 Å². The van der Waals surface area contributed by atoms with Gasteiger partial charge in [-0.2, -0.15) is 9.36 Å². The second-order valence-electron chi connectivity index (χ2n) is 2.56. The third kappa shape index (κ3) is 1.68. The molecule has 0 unspecified atom stereocenters. The first kappa shape index (κ1) is 9.71. The van der Waals surface area contributed by atoms with Gasteiger partial charge >= 0.3 is 0 Å². The molecule has 0 atom stereocenters. The smallest absolute Gasteiger partial charge is 0.200 e. The molecule has 72 valence electrons. The van der Waals surface area contributed by atoms with Crippen LogP contribution in [0.3, 0.4) is 0 Å². The predicted molar refractivity (Wildman–Crippen MR) is 59.8 cm³/mol. The Morgan fingerprint density at radius 1 is 1.29 bits per heavy atom. The van der Waals surface area contributed by atoms with Crippen LogP contribution in [0.25, 0.3) is 11.4 Å². The predicted octanol–water partition coefficient (Wildman–Crippen LogP) is 3.09. The number of hydrogen-bond acceptors (Lipinski definition) is 4. The van der Waals surface area contributed by atoms with Crippen LogP contribution < -0.4 is 5.73 Å². The molecule has 3 nitrogen and oxygen atoms in total. The Morgan fingerprint density at radius 2 is 2.07 bits per heavy atom. The van der Waals surface area contributed by atoms with Gasteiger partial charge in [0.1, 0.15) is 0 Å². The van der Waals surface area contributed by atoms with Crippen LogP contribution in [0.15, 0.2) is 18.2 Å². The number of halogens is 2. The van der Waals surface area contributed by atoms with Gasteiger partial charge in [0.25, 0.3) is 0 Å². The van der Waals surface area contributed by atoms with Crippen LogP contribution in [0.2, 0.25) is 10.0 Å². The summed E-state index contributed by atoms with van der Waals surface area (Å²) < 4.78 is 4.05. The zero-order valence-corrected chi connectivity index (χ0v) is 9.20. The molecule has 1 heterocycles. The first-order chi connectivity index (χ1) is 6.68. The number of anilines is 1. The summed E-state index contributed by atoms with van der Waals surface area (Å²) in [5.74, 6) is 0.514. The maximum Gasteiger partial charge on any atom is 0.200 e. The van der Waals surface area contributed by atoms with Crippen molar-refractivity contribution >= 4 is 39.9 Å². The molecular formula is C8H5Cl2N3S.